The number of hydrogen-bond acceptors (Lipinski definition) is 3. The molecular formula is C13H17ClN2O2. The van der Waals surface area contributed by atoms with Gasteiger partial charge in [-0.15, -0.1) is 0 Å². The van der Waals surface area contributed by atoms with E-state index in [9.17, 15) is 4.79 Å². The summed E-state index contributed by atoms with van der Waals surface area (Å²) in [5.74, 6) is -0.0423. The summed E-state index contributed by atoms with van der Waals surface area (Å²) >= 11 is 5.84. The number of nitrogens with two attached hydrogens (primary N) is 1. The van der Waals surface area contributed by atoms with Crippen LogP contribution in [-0.4, -0.2) is 36.6 Å². The van der Waals surface area contributed by atoms with E-state index >= 15 is 0 Å². The normalized spacial score (nSPS) is 19.9. The maximum Gasteiger partial charge on any atom is 0.256 e. The van der Waals surface area contributed by atoms with Crippen LogP contribution in [0.1, 0.15) is 23.7 Å². The van der Waals surface area contributed by atoms with Gasteiger partial charge in [0.25, 0.3) is 5.91 Å². The summed E-state index contributed by atoms with van der Waals surface area (Å²) < 4.78 is 5.39. The minimum atomic E-state index is -0.0423. The molecule has 1 aliphatic rings. The van der Waals surface area contributed by atoms with E-state index in [1.165, 1.54) is 0 Å². The summed E-state index contributed by atoms with van der Waals surface area (Å²) in [7, 11) is 0. The quantitative estimate of drug-likeness (QED) is 0.837. The van der Waals surface area contributed by atoms with Gasteiger partial charge in [0.15, 0.2) is 0 Å². The Hall–Kier alpha value is -1.26. The van der Waals surface area contributed by atoms with Gasteiger partial charge < -0.3 is 15.4 Å². The molecule has 2 rings (SSSR count). The fourth-order valence-corrected chi connectivity index (χ4v) is 2.32. The van der Waals surface area contributed by atoms with Gasteiger partial charge in [0, 0.05) is 17.3 Å². The molecule has 0 spiro atoms. The Morgan fingerprint density at radius 1 is 1.61 bits per heavy atom. The molecule has 5 heteroatoms. The van der Waals surface area contributed by atoms with Gasteiger partial charge in [-0.25, -0.2) is 0 Å². The number of hydrogen-bond donors (Lipinski definition) is 1. The third kappa shape index (κ3) is 2.60. The van der Waals surface area contributed by atoms with Gasteiger partial charge in [0.1, 0.15) is 0 Å². The predicted molar refractivity (Wildman–Crippen MR) is 71.8 cm³/mol. The maximum atomic E-state index is 12.4. The molecule has 1 aliphatic heterocycles. The van der Waals surface area contributed by atoms with E-state index in [4.69, 9.17) is 22.1 Å². The first-order valence-corrected chi connectivity index (χ1v) is 6.45. The lowest BCUT2D eigenvalue weighted by Gasteiger charge is -2.35. The van der Waals surface area contributed by atoms with Crippen LogP contribution in [0.5, 0.6) is 0 Å². The molecule has 1 amide bonds. The van der Waals surface area contributed by atoms with Gasteiger partial charge in [0.2, 0.25) is 0 Å². The number of rotatable bonds is 2. The molecule has 0 aliphatic carbocycles. The Balaban J connectivity index is 2.24. The van der Waals surface area contributed by atoms with E-state index in [2.05, 4.69) is 0 Å². The van der Waals surface area contributed by atoms with Crippen molar-refractivity contribution < 1.29 is 9.53 Å². The Labute approximate surface area is 112 Å². The summed E-state index contributed by atoms with van der Waals surface area (Å²) in [6.45, 7) is 3.83. The molecule has 0 bridgehead atoms. The Kier molecular flexibility index (Phi) is 4.09. The first-order chi connectivity index (χ1) is 8.63. The number of anilines is 1. The first kappa shape index (κ1) is 13.2. The van der Waals surface area contributed by atoms with Crippen molar-refractivity contribution in [2.45, 2.75) is 19.4 Å². The SMILES string of the molecule is CCC1COCCN1C(=O)c1ccc(Cl)cc1N. The van der Waals surface area contributed by atoms with Crippen molar-refractivity contribution in [1.82, 2.24) is 4.90 Å². The van der Waals surface area contributed by atoms with Gasteiger partial charge in [0.05, 0.1) is 24.8 Å². The molecule has 2 N–H and O–H groups in total. The zero-order valence-corrected chi connectivity index (χ0v) is 11.1. The summed E-state index contributed by atoms with van der Waals surface area (Å²) in [6, 6.07) is 5.10. The Bertz CT molecular complexity index is 451. The largest absolute Gasteiger partial charge is 0.398 e. The van der Waals surface area contributed by atoms with Crippen molar-refractivity contribution in [3.05, 3.63) is 28.8 Å². The van der Waals surface area contributed by atoms with Gasteiger partial charge in [-0.2, -0.15) is 0 Å². The molecule has 98 valence electrons. The van der Waals surface area contributed by atoms with Crippen LogP contribution in [0.25, 0.3) is 0 Å². The average molecular weight is 269 g/mol. The number of nitrogen functional groups attached to an aromatic ring is 1. The second-order valence-corrected chi connectivity index (χ2v) is 4.80. The second kappa shape index (κ2) is 5.59. The minimum absolute atomic E-state index is 0.0423. The number of benzene rings is 1. The van der Waals surface area contributed by atoms with Crippen molar-refractivity contribution in [2.75, 3.05) is 25.5 Å². The number of morpholine rings is 1. The number of carbonyl (C=O) groups is 1. The van der Waals surface area contributed by atoms with Crippen LogP contribution in [-0.2, 0) is 4.74 Å². The lowest BCUT2D eigenvalue weighted by molar-refractivity contribution is -0.00274. The molecule has 1 aromatic rings. The van der Waals surface area contributed by atoms with Gasteiger partial charge >= 0.3 is 0 Å². The van der Waals surface area contributed by atoms with Crippen LogP contribution in [0.15, 0.2) is 18.2 Å². The van der Waals surface area contributed by atoms with Crippen LogP contribution in [0.2, 0.25) is 5.02 Å². The van der Waals surface area contributed by atoms with E-state index < -0.39 is 0 Å². The third-order valence-electron chi connectivity index (χ3n) is 3.20. The lowest BCUT2D eigenvalue weighted by Crippen LogP contribution is -2.48. The maximum absolute atomic E-state index is 12.4. The van der Waals surface area contributed by atoms with Crippen LogP contribution in [0.3, 0.4) is 0 Å². The molecule has 0 radical (unpaired) electrons. The summed E-state index contributed by atoms with van der Waals surface area (Å²) in [5.41, 5.74) is 6.79. The molecule has 1 fully saturated rings. The molecule has 0 aromatic heterocycles. The Morgan fingerprint density at radius 3 is 3.06 bits per heavy atom. The van der Waals surface area contributed by atoms with E-state index in [0.717, 1.165) is 6.42 Å². The number of halogens is 1. The van der Waals surface area contributed by atoms with E-state index in [1.807, 2.05) is 11.8 Å². The molecule has 1 heterocycles. The van der Waals surface area contributed by atoms with E-state index in [1.54, 1.807) is 18.2 Å². The molecule has 18 heavy (non-hydrogen) atoms. The van der Waals surface area contributed by atoms with Crippen molar-refractivity contribution in [2.24, 2.45) is 0 Å². The molecule has 0 saturated carbocycles. The van der Waals surface area contributed by atoms with E-state index in [0.29, 0.717) is 36.0 Å². The van der Waals surface area contributed by atoms with Crippen molar-refractivity contribution in [3.8, 4) is 0 Å². The molecule has 1 atom stereocenters. The smallest absolute Gasteiger partial charge is 0.256 e. The Morgan fingerprint density at radius 2 is 2.39 bits per heavy atom. The van der Waals surface area contributed by atoms with Crippen molar-refractivity contribution in [1.29, 1.82) is 0 Å². The monoisotopic (exact) mass is 268 g/mol. The van der Waals surface area contributed by atoms with Crippen LogP contribution < -0.4 is 5.73 Å². The highest BCUT2D eigenvalue weighted by molar-refractivity contribution is 6.31. The number of ether oxygens (including phenoxy) is 1. The van der Waals surface area contributed by atoms with Crippen LogP contribution in [0, 0.1) is 0 Å². The highest BCUT2D eigenvalue weighted by Crippen LogP contribution is 2.22. The first-order valence-electron chi connectivity index (χ1n) is 6.07. The topological polar surface area (TPSA) is 55.6 Å². The molecule has 1 saturated heterocycles. The van der Waals surface area contributed by atoms with Crippen LogP contribution in [0.4, 0.5) is 5.69 Å². The van der Waals surface area contributed by atoms with Crippen LogP contribution >= 0.6 is 11.6 Å². The van der Waals surface area contributed by atoms with Crippen molar-refractivity contribution >= 4 is 23.2 Å². The fourth-order valence-electron chi connectivity index (χ4n) is 2.14. The average Bonchev–Trinajstić information content (AvgIpc) is 2.38. The zero-order valence-electron chi connectivity index (χ0n) is 10.4. The number of nitrogens with zero attached hydrogens (tertiary/aromatic N) is 1. The second-order valence-electron chi connectivity index (χ2n) is 4.37. The number of amides is 1. The summed E-state index contributed by atoms with van der Waals surface area (Å²) in [5, 5.41) is 0.540. The molecule has 4 nitrogen and oxygen atoms in total. The number of carbonyl (C=O) groups excluding carboxylic acids is 1. The van der Waals surface area contributed by atoms with E-state index in [-0.39, 0.29) is 11.9 Å². The fraction of sp³-hybridized carbons (Fsp3) is 0.462. The van der Waals surface area contributed by atoms with Gasteiger partial charge in [-0.3, -0.25) is 4.79 Å². The lowest BCUT2D eigenvalue weighted by atomic mass is 10.1. The molecular weight excluding hydrogens is 252 g/mol. The highest BCUT2D eigenvalue weighted by atomic mass is 35.5. The van der Waals surface area contributed by atoms with Gasteiger partial charge in [-0.05, 0) is 24.6 Å². The minimum Gasteiger partial charge on any atom is -0.398 e. The van der Waals surface area contributed by atoms with Crippen molar-refractivity contribution in [3.63, 3.8) is 0 Å². The zero-order chi connectivity index (χ0) is 13.1. The summed E-state index contributed by atoms with van der Waals surface area (Å²) in [6.07, 6.45) is 0.874. The standard InChI is InChI=1S/C13H17ClN2O2/c1-2-10-8-18-6-5-16(10)13(17)11-4-3-9(14)7-12(11)15/h3-4,7,10H,2,5-6,8,15H2,1H3. The third-order valence-corrected chi connectivity index (χ3v) is 3.44. The summed E-state index contributed by atoms with van der Waals surface area (Å²) in [4.78, 5) is 14.3. The molecule has 1 aromatic carbocycles. The highest BCUT2D eigenvalue weighted by Gasteiger charge is 2.27. The van der Waals surface area contributed by atoms with Gasteiger partial charge in [-0.1, -0.05) is 18.5 Å². The predicted octanol–water partition coefficient (Wildman–Crippen LogP) is 2.17. The molecule has 1 unspecified atom stereocenters.